The number of carbonyl (C=O) groups is 2. The third-order valence-corrected chi connectivity index (χ3v) is 6.75. The molecule has 0 aromatic heterocycles. The third-order valence-electron chi connectivity index (χ3n) is 6.75. The van der Waals surface area contributed by atoms with Gasteiger partial charge < -0.3 is 19.3 Å². The first-order valence-corrected chi connectivity index (χ1v) is 11.7. The van der Waals surface area contributed by atoms with Crippen LogP contribution in [0.5, 0.6) is 5.75 Å². The number of benzene rings is 3. The monoisotopic (exact) mass is 474 g/mol. The Morgan fingerprint density at radius 3 is 2.37 bits per heavy atom. The highest BCUT2D eigenvalue weighted by Crippen LogP contribution is 2.44. The zero-order chi connectivity index (χ0) is 24.4. The van der Waals surface area contributed by atoms with Crippen LogP contribution in [0.15, 0.2) is 72.8 Å². The quantitative estimate of drug-likeness (QED) is 0.557. The van der Waals surface area contributed by atoms with Crippen LogP contribution >= 0.6 is 0 Å². The molecule has 2 atom stereocenters. The summed E-state index contributed by atoms with van der Waals surface area (Å²) in [6.07, 6.45) is 0. The van der Waals surface area contributed by atoms with E-state index in [1.54, 1.807) is 30.2 Å². The second kappa shape index (κ2) is 9.88. The van der Waals surface area contributed by atoms with Crippen molar-refractivity contribution in [3.63, 3.8) is 0 Å². The maximum absolute atomic E-state index is 14.0. The van der Waals surface area contributed by atoms with E-state index >= 15 is 0 Å². The van der Waals surface area contributed by atoms with Gasteiger partial charge in [0, 0.05) is 25.2 Å². The summed E-state index contributed by atoms with van der Waals surface area (Å²) in [7, 11) is 1.60. The number of rotatable bonds is 5. The van der Waals surface area contributed by atoms with Crippen molar-refractivity contribution in [2.24, 2.45) is 0 Å². The normalized spacial score (nSPS) is 19.9. The Morgan fingerprint density at radius 2 is 1.69 bits per heavy atom. The lowest BCUT2D eigenvalue weighted by Crippen LogP contribution is -2.50. The molecule has 2 unspecified atom stereocenters. The minimum atomic E-state index is -0.587. The molecule has 3 aromatic rings. The van der Waals surface area contributed by atoms with Crippen molar-refractivity contribution >= 4 is 11.8 Å². The molecule has 2 heterocycles. The molecule has 0 aliphatic carbocycles. The van der Waals surface area contributed by atoms with E-state index in [1.165, 1.54) is 12.1 Å². The summed E-state index contributed by atoms with van der Waals surface area (Å²) >= 11 is 0. The Bertz CT molecular complexity index is 1210. The number of methoxy groups -OCH3 is 1. The lowest BCUT2D eigenvalue weighted by atomic mass is 9.78. The summed E-state index contributed by atoms with van der Waals surface area (Å²) in [5, 5.41) is 0. The van der Waals surface area contributed by atoms with Gasteiger partial charge in [0.15, 0.2) is 0 Å². The van der Waals surface area contributed by atoms with Crippen LogP contribution < -0.4 is 4.74 Å². The van der Waals surface area contributed by atoms with Gasteiger partial charge in [-0.05, 0) is 47.0 Å². The van der Waals surface area contributed by atoms with Gasteiger partial charge in [0.25, 0.3) is 5.91 Å². The number of hydrogen-bond donors (Lipinski definition) is 0. The smallest absolute Gasteiger partial charge is 0.255 e. The predicted octanol–water partition coefficient (Wildman–Crippen LogP) is 4.17. The topological polar surface area (TPSA) is 59.1 Å². The standard InChI is InChI=1S/C28H27FN2O4/c1-34-22-12-8-20(9-13-22)26-25(28(33)30-14-16-35-17-15-30)23-4-2-3-5-24(23)27(32)31(26)18-19-6-10-21(29)11-7-19/h2-13,25-26H,14-18H2,1H3. The molecule has 0 spiro atoms. The highest BCUT2D eigenvalue weighted by Gasteiger charge is 2.45. The number of hydrogen-bond acceptors (Lipinski definition) is 4. The Morgan fingerprint density at radius 1 is 1.00 bits per heavy atom. The SMILES string of the molecule is COc1ccc(C2C(C(=O)N3CCOCC3)c3ccccc3C(=O)N2Cc2ccc(F)cc2)cc1. The van der Waals surface area contributed by atoms with Crippen molar-refractivity contribution in [3.05, 3.63) is 101 Å². The molecule has 6 nitrogen and oxygen atoms in total. The van der Waals surface area contributed by atoms with Crippen LogP contribution in [0.2, 0.25) is 0 Å². The van der Waals surface area contributed by atoms with Crippen LogP contribution in [-0.2, 0) is 16.1 Å². The molecule has 1 saturated heterocycles. The summed E-state index contributed by atoms with van der Waals surface area (Å²) in [5.41, 5.74) is 2.87. The fraction of sp³-hybridized carbons (Fsp3) is 0.286. The van der Waals surface area contributed by atoms with E-state index in [4.69, 9.17) is 9.47 Å². The maximum Gasteiger partial charge on any atom is 0.255 e. The number of halogens is 1. The van der Waals surface area contributed by atoms with Crippen molar-refractivity contribution in [2.45, 2.75) is 18.5 Å². The lowest BCUT2D eigenvalue weighted by Gasteiger charge is -2.44. The summed E-state index contributed by atoms with van der Waals surface area (Å²) in [6, 6.07) is 20.4. The fourth-order valence-corrected chi connectivity index (χ4v) is 4.97. The van der Waals surface area contributed by atoms with Crippen LogP contribution in [0.4, 0.5) is 4.39 Å². The van der Waals surface area contributed by atoms with Crippen LogP contribution in [0, 0.1) is 5.82 Å². The molecule has 5 rings (SSSR count). The second-order valence-electron chi connectivity index (χ2n) is 8.78. The van der Waals surface area contributed by atoms with Crippen LogP contribution in [0.1, 0.15) is 39.0 Å². The zero-order valence-electron chi connectivity index (χ0n) is 19.5. The van der Waals surface area contributed by atoms with Gasteiger partial charge in [-0.3, -0.25) is 9.59 Å². The maximum atomic E-state index is 14.0. The fourth-order valence-electron chi connectivity index (χ4n) is 4.97. The van der Waals surface area contributed by atoms with Crippen molar-refractivity contribution in [2.75, 3.05) is 33.4 Å². The van der Waals surface area contributed by atoms with Gasteiger partial charge in [-0.15, -0.1) is 0 Å². The van der Waals surface area contributed by atoms with Crippen LogP contribution in [0.25, 0.3) is 0 Å². The molecule has 0 radical (unpaired) electrons. The Hall–Kier alpha value is -3.71. The molecular weight excluding hydrogens is 447 g/mol. The van der Waals surface area contributed by atoms with Gasteiger partial charge in [0.2, 0.25) is 5.91 Å². The lowest BCUT2D eigenvalue weighted by molar-refractivity contribution is -0.138. The molecule has 35 heavy (non-hydrogen) atoms. The summed E-state index contributed by atoms with van der Waals surface area (Å²) in [5.74, 6) is -0.417. The van der Waals surface area contributed by atoms with Gasteiger partial charge in [0.05, 0.1) is 32.3 Å². The van der Waals surface area contributed by atoms with E-state index in [-0.39, 0.29) is 24.2 Å². The van der Waals surface area contributed by atoms with Crippen molar-refractivity contribution < 1.29 is 23.5 Å². The summed E-state index contributed by atoms with van der Waals surface area (Å²) < 4.78 is 24.4. The molecule has 0 N–H and O–H groups in total. The van der Waals surface area contributed by atoms with Crippen molar-refractivity contribution in [1.29, 1.82) is 0 Å². The van der Waals surface area contributed by atoms with E-state index in [0.717, 1.165) is 16.7 Å². The Balaban J connectivity index is 1.64. The first-order chi connectivity index (χ1) is 17.1. The second-order valence-corrected chi connectivity index (χ2v) is 8.78. The first kappa shape index (κ1) is 23.1. The van der Waals surface area contributed by atoms with Crippen molar-refractivity contribution in [1.82, 2.24) is 9.80 Å². The van der Waals surface area contributed by atoms with E-state index in [0.29, 0.717) is 37.6 Å². The average Bonchev–Trinajstić information content (AvgIpc) is 2.91. The van der Waals surface area contributed by atoms with Crippen LogP contribution in [-0.4, -0.2) is 55.0 Å². The van der Waals surface area contributed by atoms with Gasteiger partial charge in [-0.1, -0.05) is 42.5 Å². The Labute approximate surface area is 203 Å². The van der Waals surface area contributed by atoms with Crippen molar-refractivity contribution in [3.8, 4) is 5.75 Å². The zero-order valence-corrected chi connectivity index (χ0v) is 19.5. The van der Waals surface area contributed by atoms with E-state index in [9.17, 15) is 14.0 Å². The number of fused-ring (bicyclic) bond motifs is 1. The van der Waals surface area contributed by atoms with Gasteiger partial charge >= 0.3 is 0 Å². The first-order valence-electron chi connectivity index (χ1n) is 11.7. The molecule has 2 aliphatic rings. The summed E-state index contributed by atoms with van der Waals surface area (Å²) in [4.78, 5) is 31.4. The largest absolute Gasteiger partial charge is 0.497 e. The molecule has 2 amide bonds. The molecule has 0 bridgehead atoms. The minimum absolute atomic E-state index is 0.0295. The molecule has 180 valence electrons. The van der Waals surface area contributed by atoms with E-state index < -0.39 is 12.0 Å². The van der Waals surface area contributed by atoms with E-state index in [2.05, 4.69) is 0 Å². The highest BCUT2D eigenvalue weighted by molar-refractivity contribution is 6.01. The minimum Gasteiger partial charge on any atom is -0.497 e. The number of morpholine rings is 1. The summed E-state index contributed by atoms with van der Waals surface area (Å²) in [6.45, 7) is 2.26. The highest BCUT2D eigenvalue weighted by atomic mass is 19.1. The number of nitrogens with zero attached hydrogens (tertiary/aromatic N) is 2. The number of carbonyl (C=O) groups excluding carboxylic acids is 2. The third kappa shape index (κ3) is 4.51. The molecule has 1 fully saturated rings. The van der Waals surface area contributed by atoms with Gasteiger partial charge in [0.1, 0.15) is 11.6 Å². The van der Waals surface area contributed by atoms with E-state index in [1.807, 2.05) is 47.4 Å². The predicted molar refractivity (Wildman–Crippen MR) is 129 cm³/mol. The molecule has 7 heteroatoms. The van der Waals surface area contributed by atoms with Gasteiger partial charge in [-0.25, -0.2) is 4.39 Å². The molecule has 3 aromatic carbocycles. The molecular formula is C28H27FN2O4. The number of amides is 2. The van der Waals surface area contributed by atoms with Crippen LogP contribution in [0.3, 0.4) is 0 Å². The number of ether oxygens (including phenoxy) is 2. The van der Waals surface area contributed by atoms with Gasteiger partial charge in [-0.2, -0.15) is 0 Å². The Kier molecular flexibility index (Phi) is 6.51. The molecule has 0 saturated carbocycles. The average molecular weight is 475 g/mol. The molecule has 2 aliphatic heterocycles.